The maximum atomic E-state index is 12.4. The van der Waals surface area contributed by atoms with Crippen molar-refractivity contribution in [3.8, 4) is 0 Å². The van der Waals surface area contributed by atoms with E-state index in [1.807, 2.05) is 23.7 Å². The van der Waals surface area contributed by atoms with Gasteiger partial charge in [0.1, 0.15) is 11.1 Å². The smallest absolute Gasteiger partial charge is 0.249 e. The molecule has 6 nitrogen and oxygen atoms in total. The predicted molar refractivity (Wildman–Crippen MR) is 90.3 cm³/mol. The first kappa shape index (κ1) is 15.7. The molecular formula is C17H20N4O2S. The molecule has 0 radical (unpaired) electrons. The summed E-state index contributed by atoms with van der Waals surface area (Å²) in [4.78, 5) is 23.2. The van der Waals surface area contributed by atoms with E-state index >= 15 is 0 Å². The lowest BCUT2D eigenvalue weighted by atomic mass is 10.1. The van der Waals surface area contributed by atoms with Gasteiger partial charge in [0.05, 0.1) is 12.6 Å². The fourth-order valence-corrected chi connectivity index (χ4v) is 4.15. The van der Waals surface area contributed by atoms with Gasteiger partial charge in [0.2, 0.25) is 5.91 Å². The van der Waals surface area contributed by atoms with Gasteiger partial charge in [-0.3, -0.25) is 14.7 Å². The first-order valence-electron chi connectivity index (χ1n) is 8.24. The van der Waals surface area contributed by atoms with Crippen LogP contribution >= 0.6 is 11.3 Å². The Kier molecular flexibility index (Phi) is 4.55. The van der Waals surface area contributed by atoms with Crippen LogP contribution in [0.4, 0.5) is 0 Å². The van der Waals surface area contributed by atoms with Crippen LogP contribution in [0.1, 0.15) is 23.4 Å². The highest BCUT2D eigenvalue weighted by molar-refractivity contribution is 7.09. The topological polar surface area (TPSA) is 67.4 Å². The summed E-state index contributed by atoms with van der Waals surface area (Å²) in [6, 6.07) is 4.14. The first-order valence-corrected chi connectivity index (χ1v) is 9.12. The lowest BCUT2D eigenvalue weighted by Gasteiger charge is -2.21. The summed E-state index contributed by atoms with van der Waals surface area (Å²) in [6.45, 7) is 2.36. The van der Waals surface area contributed by atoms with E-state index in [0.717, 1.165) is 36.5 Å². The number of aromatic nitrogens is 2. The molecule has 0 aromatic carbocycles. The third-order valence-electron chi connectivity index (χ3n) is 4.70. The number of hydrogen-bond acceptors (Lipinski definition) is 6. The highest BCUT2D eigenvalue weighted by Crippen LogP contribution is 2.34. The summed E-state index contributed by atoms with van der Waals surface area (Å²) in [5.41, 5.74) is 0.995. The number of nitrogens with one attached hydrogen (secondary N) is 1. The van der Waals surface area contributed by atoms with Crippen LogP contribution < -0.4 is 5.32 Å². The van der Waals surface area contributed by atoms with E-state index in [-0.39, 0.29) is 18.1 Å². The largest absolute Gasteiger partial charge is 0.363 e. The number of likely N-dealkylation sites (tertiary alicyclic amines) is 1. The zero-order valence-electron chi connectivity index (χ0n) is 13.3. The molecule has 7 heteroatoms. The quantitative estimate of drug-likeness (QED) is 0.892. The molecule has 4 rings (SSSR count). The van der Waals surface area contributed by atoms with E-state index in [1.54, 1.807) is 23.7 Å². The van der Waals surface area contributed by atoms with Crippen LogP contribution in [-0.4, -0.2) is 45.6 Å². The SMILES string of the molecule is O=C(NCc1cccnc1)[C@H]1C[C@H]2[C@H](CCN2Cc2nccs2)O1. The highest BCUT2D eigenvalue weighted by Gasteiger charge is 2.45. The van der Waals surface area contributed by atoms with Crippen molar-refractivity contribution in [1.29, 1.82) is 0 Å². The minimum atomic E-state index is -0.351. The Bertz CT molecular complexity index is 679. The Morgan fingerprint density at radius 1 is 1.46 bits per heavy atom. The van der Waals surface area contributed by atoms with Gasteiger partial charge in [0, 0.05) is 49.5 Å². The highest BCUT2D eigenvalue weighted by atomic mass is 32.1. The molecule has 0 bridgehead atoms. The third-order valence-corrected chi connectivity index (χ3v) is 5.46. The van der Waals surface area contributed by atoms with Crippen LogP contribution in [0, 0.1) is 0 Å². The molecule has 24 heavy (non-hydrogen) atoms. The van der Waals surface area contributed by atoms with Crippen molar-refractivity contribution in [3.63, 3.8) is 0 Å². The number of hydrogen-bond donors (Lipinski definition) is 1. The normalized spacial score (nSPS) is 26.4. The van der Waals surface area contributed by atoms with Crippen molar-refractivity contribution in [2.75, 3.05) is 6.54 Å². The summed E-state index contributed by atoms with van der Waals surface area (Å²) in [6.07, 6.45) is 6.89. The average Bonchev–Trinajstić information content (AvgIpc) is 3.32. The van der Waals surface area contributed by atoms with Gasteiger partial charge in [-0.25, -0.2) is 4.98 Å². The number of carbonyl (C=O) groups is 1. The molecule has 126 valence electrons. The molecule has 0 saturated carbocycles. The number of rotatable bonds is 5. The second-order valence-corrected chi connectivity index (χ2v) is 7.21. The minimum Gasteiger partial charge on any atom is -0.363 e. The van der Waals surface area contributed by atoms with E-state index < -0.39 is 0 Å². The van der Waals surface area contributed by atoms with Crippen molar-refractivity contribution >= 4 is 17.2 Å². The summed E-state index contributed by atoms with van der Waals surface area (Å²) in [7, 11) is 0. The zero-order chi connectivity index (χ0) is 16.4. The average molecular weight is 344 g/mol. The van der Waals surface area contributed by atoms with Crippen LogP contribution in [-0.2, 0) is 22.6 Å². The molecule has 2 saturated heterocycles. The Morgan fingerprint density at radius 2 is 2.42 bits per heavy atom. The zero-order valence-corrected chi connectivity index (χ0v) is 14.1. The molecular weight excluding hydrogens is 324 g/mol. The number of fused-ring (bicyclic) bond motifs is 1. The van der Waals surface area contributed by atoms with Crippen LogP contribution in [0.25, 0.3) is 0 Å². The van der Waals surface area contributed by atoms with Gasteiger partial charge >= 0.3 is 0 Å². The van der Waals surface area contributed by atoms with Gasteiger partial charge < -0.3 is 10.1 Å². The van der Waals surface area contributed by atoms with Crippen molar-refractivity contribution in [2.45, 2.75) is 44.2 Å². The standard InChI is InChI=1S/C17H20N4O2S/c22-17(20-10-12-2-1-4-18-9-12)15-8-13-14(23-15)3-6-21(13)11-16-19-5-7-24-16/h1-2,4-5,7,9,13-15H,3,6,8,10-11H2,(H,20,22)/t13-,14-,15+/m0/s1. The number of amides is 1. The van der Waals surface area contributed by atoms with E-state index in [4.69, 9.17) is 4.74 Å². The fourth-order valence-electron chi connectivity index (χ4n) is 3.51. The van der Waals surface area contributed by atoms with Crippen molar-refractivity contribution in [1.82, 2.24) is 20.2 Å². The lowest BCUT2D eigenvalue weighted by molar-refractivity contribution is -0.132. The Labute approximate surface area is 144 Å². The number of carbonyl (C=O) groups excluding carboxylic acids is 1. The van der Waals surface area contributed by atoms with Crippen molar-refractivity contribution < 1.29 is 9.53 Å². The van der Waals surface area contributed by atoms with Gasteiger partial charge in [0.15, 0.2) is 0 Å². The summed E-state index contributed by atoms with van der Waals surface area (Å²) in [5.74, 6) is -0.0255. The van der Waals surface area contributed by atoms with Gasteiger partial charge in [0.25, 0.3) is 0 Å². The Balaban J connectivity index is 1.31. The van der Waals surface area contributed by atoms with Crippen molar-refractivity contribution in [2.24, 2.45) is 0 Å². The van der Waals surface area contributed by atoms with Gasteiger partial charge in [-0.05, 0) is 18.1 Å². The molecule has 4 heterocycles. The summed E-state index contributed by atoms with van der Waals surface area (Å²) in [5, 5.41) is 6.09. The first-order chi connectivity index (χ1) is 11.8. The van der Waals surface area contributed by atoms with E-state index in [0.29, 0.717) is 12.6 Å². The third kappa shape index (κ3) is 3.33. The summed E-state index contributed by atoms with van der Waals surface area (Å²) < 4.78 is 6.00. The molecule has 1 amide bonds. The maximum Gasteiger partial charge on any atom is 0.249 e. The van der Waals surface area contributed by atoms with Gasteiger partial charge in [-0.1, -0.05) is 6.07 Å². The molecule has 2 aliphatic rings. The molecule has 2 aromatic rings. The van der Waals surface area contributed by atoms with E-state index in [1.165, 1.54) is 0 Å². The molecule has 1 N–H and O–H groups in total. The molecule has 2 aromatic heterocycles. The molecule has 0 unspecified atom stereocenters. The van der Waals surface area contributed by atoms with Gasteiger partial charge in [-0.2, -0.15) is 0 Å². The maximum absolute atomic E-state index is 12.4. The Hall–Kier alpha value is -1.83. The van der Waals surface area contributed by atoms with Crippen LogP contribution in [0.5, 0.6) is 0 Å². The van der Waals surface area contributed by atoms with Crippen LogP contribution in [0.3, 0.4) is 0 Å². The van der Waals surface area contributed by atoms with Crippen molar-refractivity contribution in [3.05, 3.63) is 46.7 Å². The Morgan fingerprint density at radius 3 is 3.21 bits per heavy atom. The molecule has 3 atom stereocenters. The van der Waals surface area contributed by atoms with Crippen LogP contribution in [0.15, 0.2) is 36.1 Å². The molecule has 2 fully saturated rings. The van der Waals surface area contributed by atoms with E-state index in [9.17, 15) is 4.79 Å². The molecule has 0 spiro atoms. The fraction of sp³-hybridized carbons (Fsp3) is 0.471. The number of nitrogens with zero attached hydrogens (tertiary/aromatic N) is 3. The predicted octanol–water partition coefficient (Wildman–Crippen LogP) is 1.59. The summed E-state index contributed by atoms with van der Waals surface area (Å²) >= 11 is 1.68. The second kappa shape index (κ2) is 6.96. The van der Waals surface area contributed by atoms with Gasteiger partial charge in [-0.15, -0.1) is 11.3 Å². The van der Waals surface area contributed by atoms with E-state index in [2.05, 4.69) is 20.2 Å². The van der Waals surface area contributed by atoms with Crippen LogP contribution in [0.2, 0.25) is 0 Å². The monoisotopic (exact) mass is 344 g/mol. The molecule has 0 aliphatic carbocycles. The number of thiazole rings is 1. The second-order valence-electron chi connectivity index (χ2n) is 6.23. The minimum absolute atomic E-state index is 0.0255. The number of pyridine rings is 1. The lowest BCUT2D eigenvalue weighted by Crippen LogP contribution is -2.36. The molecule has 2 aliphatic heterocycles. The number of ether oxygens (including phenoxy) is 1.